The van der Waals surface area contributed by atoms with Crippen molar-refractivity contribution in [3.8, 4) is 16.3 Å². The Hall–Kier alpha value is -2.64. The zero-order valence-corrected chi connectivity index (χ0v) is 17.7. The van der Waals surface area contributed by atoms with Gasteiger partial charge in [0.05, 0.1) is 23.6 Å². The molecule has 0 amide bonds. The molecule has 0 fully saturated rings. The Labute approximate surface area is 174 Å². The zero-order chi connectivity index (χ0) is 21.0. The van der Waals surface area contributed by atoms with E-state index in [0.717, 1.165) is 21.0 Å². The standard InChI is InChI=1S/C22H26N2O4S/c1-22(2,3)16-11-15(21(26)27)12-24(13-16)14-17-6-7-19(29-17)20-18(28-10-9-25)5-4-8-23-20/h4-8,12-13,25H,9-11,14H2,1-3H3,(H,26,27). The van der Waals surface area contributed by atoms with Gasteiger partial charge in [-0.25, -0.2) is 4.79 Å². The minimum atomic E-state index is -0.879. The summed E-state index contributed by atoms with van der Waals surface area (Å²) in [7, 11) is 0. The van der Waals surface area contributed by atoms with E-state index in [1.54, 1.807) is 29.8 Å². The van der Waals surface area contributed by atoms with Crippen molar-refractivity contribution >= 4 is 17.3 Å². The summed E-state index contributed by atoms with van der Waals surface area (Å²) in [4.78, 5) is 20.0. The van der Waals surface area contributed by atoms with E-state index in [4.69, 9.17) is 9.84 Å². The van der Waals surface area contributed by atoms with Crippen LogP contribution in [0.4, 0.5) is 0 Å². The lowest BCUT2D eigenvalue weighted by Crippen LogP contribution is -2.23. The molecule has 154 valence electrons. The van der Waals surface area contributed by atoms with E-state index in [1.807, 2.05) is 23.1 Å². The number of carboxylic acids is 1. The van der Waals surface area contributed by atoms with Crippen molar-refractivity contribution in [1.82, 2.24) is 9.88 Å². The monoisotopic (exact) mass is 414 g/mol. The molecule has 0 saturated carbocycles. The number of allylic oxidation sites excluding steroid dienone is 1. The van der Waals surface area contributed by atoms with Crippen molar-refractivity contribution < 1.29 is 19.7 Å². The molecule has 0 unspecified atom stereocenters. The first-order valence-electron chi connectivity index (χ1n) is 9.46. The first-order valence-corrected chi connectivity index (χ1v) is 10.3. The second kappa shape index (κ2) is 8.80. The van der Waals surface area contributed by atoms with Crippen molar-refractivity contribution in [3.05, 3.63) is 58.9 Å². The van der Waals surface area contributed by atoms with Gasteiger partial charge in [0.1, 0.15) is 18.1 Å². The highest BCUT2D eigenvalue weighted by Gasteiger charge is 2.25. The average Bonchev–Trinajstić information content (AvgIpc) is 3.13. The molecule has 6 nitrogen and oxygen atoms in total. The summed E-state index contributed by atoms with van der Waals surface area (Å²) in [6, 6.07) is 7.66. The fraction of sp³-hybridized carbons (Fsp3) is 0.364. The number of aliphatic hydroxyl groups is 1. The van der Waals surface area contributed by atoms with Gasteiger partial charge in [-0.2, -0.15) is 0 Å². The molecule has 0 spiro atoms. The number of aromatic nitrogens is 1. The van der Waals surface area contributed by atoms with Gasteiger partial charge < -0.3 is 19.8 Å². The van der Waals surface area contributed by atoms with Crippen LogP contribution < -0.4 is 4.74 Å². The van der Waals surface area contributed by atoms with Gasteiger partial charge in [0.25, 0.3) is 0 Å². The maximum absolute atomic E-state index is 11.6. The summed E-state index contributed by atoms with van der Waals surface area (Å²) < 4.78 is 5.59. The molecule has 0 saturated heterocycles. The molecule has 3 rings (SSSR count). The molecule has 0 aromatic carbocycles. The van der Waals surface area contributed by atoms with Crippen LogP contribution in [0.3, 0.4) is 0 Å². The van der Waals surface area contributed by atoms with Crippen LogP contribution in [-0.4, -0.2) is 39.3 Å². The SMILES string of the molecule is CC(C)(C)C1=CN(Cc2ccc(-c3ncccc3OCCO)s2)C=C(C(=O)O)C1. The van der Waals surface area contributed by atoms with E-state index in [-0.39, 0.29) is 18.6 Å². The van der Waals surface area contributed by atoms with Gasteiger partial charge in [-0.05, 0) is 35.3 Å². The summed E-state index contributed by atoms with van der Waals surface area (Å²) >= 11 is 1.59. The largest absolute Gasteiger partial charge is 0.489 e. The van der Waals surface area contributed by atoms with Crippen LogP contribution in [0.1, 0.15) is 32.1 Å². The Morgan fingerprint density at radius 3 is 2.76 bits per heavy atom. The number of carboxylic acid groups (broad SMARTS) is 1. The number of nitrogens with zero attached hydrogens (tertiary/aromatic N) is 2. The molecule has 0 radical (unpaired) electrons. The second-order valence-corrected chi connectivity index (χ2v) is 9.07. The quantitative estimate of drug-likeness (QED) is 0.703. The van der Waals surface area contributed by atoms with Crippen LogP contribution >= 0.6 is 11.3 Å². The minimum Gasteiger partial charge on any atom is -0.489 e. The number of rotatable bonds is 7. The highest BCUT2D eigenvalue weighted by atomic mass is 32.1. The van der Waals surface area contributed by atoms with Crippen LogP contribution in [0.15, 0.2) is 54.0 Å². The summed E-state index contributed by atoms with van der Waals surface area (Å²) in [5, 5.41) is 18.5. The van der Waals surface area contributed by atoms with Gasteiger partial charge in [-0.15, -0.1) is 11.3 Å². The Bertz CT molecular complexity index is 940. The number of ether oxygens (including phenoxy) is 1. The highest BCUT2D eigenvalue weighted by molar-refractivity contribution is 7.15. The molecule has 0 bridgehead atoms. The van der Waals surface area contributed by atoms with Gasteiger partial charge in [0.15, 0.2) is 0 Å². The Kier molecular flexibility index (Phi) is 6.39. The van der Waals surface area contributed by atoms with E-state index in [1.165, 1.54) is 0 Å². The van der Waals surface area contributed by atoms with Crippen molar-refractivity contribution in [2.75, 3.05) is 13.2 Å². The predicted molar refractivity (Wildman–Crippen MR) is 114 cm³/mol. The third-order valence-corrected chi connectivity index (χ3v) is 5.69. The smallest absolute Gasteiger partial charge is 0.333 e. The molecule has 1 aliphatic heterocycles. The van der Waals surface area contributed by atoms with Crippen LogP contribution in [0.5, 0.6) is 5.75 Å². The highest BCUT2D eigenvalue weighted by Crippen LogP contribution is 2.36. The molecule has 0 atom stereocenters. The number of hydrogen-bond donors (Lipinski definition) is 2. The summed E-state index contributed by atoms with van der Waals surface area (Å²) in [5.74, 6) is -0.244. The number of aliphatic hydroxyl groups excluding tert-OH is 1. The molecule has 3 heterocycles. The van der Waals surface area contributed by atoms with E-state index in [0.29, 0.717) is 24.3 Å². The van der Waals surface area contributed by atoms with Crippen LogP contribution in [0.25, 0.3) is 10.6 Å². The Balaban J connectivity index is 1.83. The lowest BCUT2D eigenvalue weighted by Gasteiger charge is -2.30. The second-order valence-electron chi connectivity index (χ2n) is 7.90. The van der Waals surface area contributed by atoms with Gasteiger partial charge in [-0.1, -0.05) is 20.8 Å². The van der Waals surface area contributed by atoms with Crippen molar-refractivity contribution in [2.24, 2.45) is 5.41 Å². The summed E-state index contributed by atoms with van der Waals surface area (Å²) in [6.45, 7) is 7.04. The lowest BCUT2D eigenvalue weighted by molar-refractivity contribution is -0.132. The minimum absolute atomic E-state index is 0.0559. The zero-order valence-electron chi connectivity index (χ0n) is 16.9. The molecular weight excluding hydrogens is 388 g/mol. The van der Waals surface area contributed by atoms with E-state index in [2.05, 4.69) is 32.0 Å². The van der Waals surface area contributed by atoms with Crippen molar-refractivity contribution in [2.45, 2.75) is 33.7 Å². The van der Waals surface area contributed by atoms with E-state index >= 15 is 0 Å². The lowest BCUT2D eigenvalue weighted by atomic mass is 9.82. The third-order valence-electron chi connectivity index (χ3n) is 4.62. The topological polar surface area (TPSA) is 82.9 Å². The third kappa shape index (κ3) is 5.25. The number of hydrogen-bond acceptors (Lipinski definition) is 6. The number of aliphatic carboxylic acids is 1. The average molecular weight is 415 g/mol. The van der Waals surface area contributed by atoms with Gasteiger partial charge in [0, 0.05) is 29.9 Å². The van der Waals surface area contributed by atoms with E-state index in [9.17, 15) is 9.90 Å². The normalized spacial score (nSPS) is 14.4. The first kappa shape index (κ1) is 21.1. The summed E-state index contributed by atoms with van der Waals surface area (Å²) in [5.41, 5.74) is 2.14. The Morgan fingerprint density at radius 2 is 2.07 bits per heavy atom. The first-order chi connectivity index (χ1) is 13.8. The molecule has 2 aromatic heterocycles. The fourth-order valence-corrected chi connectivity index (χ4v) is 4.05. The molecule has 0 aliphatic carbocycles. The van der Waals surface area contributed by atoms with Crippen LogP contribution in [0, 0.1) is 5.41 Å². The Morgan fingerprint density at radius 1 is 1.28 bits per heavy atom. The van der Waals surface area contributed by atoms with Crippen molar-refractivity contribution in [3.63, 3.8) is 0 Å². The molecular formula is C22H26N2O4S. The maximum Gasteiger partial charge on any atom is 0.333 e. The number of carbonyl (C=O) groups is 1. The number of thiophene rings is 1. The molecule has 2 N–H and O–H groups in total. The fourth-order valence-electron chi connectivity index (χ4n) is 3.03. The predicted octanol–water partition coefficient (Wildman–Crippen LogP) is 4.29. The summed E-state index contributed by atoms with van der Waals surface area (Å²) in [6.07, 6.45) is 5.95. The maximum atomic E-state index is 11.6. The van der Waals surface area contributed by atoms with Gasteiger partial charge in [0.2, 0.25) is 0 Å². The van der Waals surface area contributed by atoms with Crippen molar-refractivity contribution in [1.29, 1.82) is 0 Å². The number of pyridine rings is 1. The van der Waals surface area contributed by atoms with Gasteiger partial charge >= 0.3 is 5.97 Å². The van der Waals surface area contributed by atoms with Crippen LogP contribution in [0.2, 0.25) is 0 Å². The van der Waals surface area contributed by atoms with Gasteiger partial charge in [-0.3, -0.25) is 4.98 Å². The molecule has 7 heteroatoms. The molecule has 29 heavy (non-hydrogen) atoms. The van der Waals surface area contributed by atoms with E-state index < -0.39 is 5.97 Å². The molecule has 2 aromatic rings. The molecule has 1 aliphatic rings. The van der Waals surface area contributed by atoms with Crippen LogP contribution in [-0.2, 0) is 11.3 Å².